The lowest BCUT2D eigenvalue weighted by Gasteiger charge is -2.40. The van der Waals surface area contributed by atoms with Gasteiger partial charge in [0.2, 0.25) is 0 Å². The van der Waals surface area contributed by atoms with E-state index in [0.717, 1.165) is 11.1 Å². The van der Waals surface area contributed by atoms with Crippen LogP contribution in [0.4, 0.5) is 14.5 Å². The van der Waals surface area contributed by atoms with Crippen LogP contribution in [-0.2, 0) is 21.1 Å². The fraction of sp³-hybridized carbons (Fsp3) is 0.364. The number of hydrogen-bond donors (Lipinski definition) is 1. The Balaban J connectivity index is 1.76. The van der Waals surface area contributed by atoms with Crippen molar-refractivity contribution >= 4 is 23.0 Å². The van der Waals surface area contributed by atoms with E-state index in [0.29, 0.717) is 22.7 Å². The van der Waals surface area contributed by atoms with Crippen LogP contribution in [0.25, 0.3) is 0 Å². The Morgan fingerprint density at radius 3 is 2.69 bits per heavy atom. The van der Waals surface area contributed by atoms with E-state index in [-0.39, 0.29) is 25.4 Å². The molecular formula is C22H25F2N5O3. The van der Waals surface area contributed by atoms with Gasteiger partial charge < -0.3 is 19.9 Å². The molecule has 0 saturated carbocycles. The maximum absolute atomic E-state index is 13.2. The van der Waals surface area contributed by atoms with Crippen LogP contribution >= 0.6 is 0 Å². The van der Waals surface area contributed by atoms with Crippen LogP contribution in [0.15, 0.2) is 46.8 Å². The minimum Gasteiger partial charge on any atom is -0.398 e. The fourth-order valence-electron chi connectivity index (χ4n) is 3.29. The first-order chi connectivity index (χ1) is 15.3. The number of pyridine rings is 1. The Morgan fingerprint density at radius 2 is 2.03 bits per heavy atom. The molecule has 1 fully saturated rings. The molecule has 1 aromatic heterocycles. The maximum Gasteiger partial charge on any atom is 0.282 e. The predicted molar refractivity (Wildman–Crippen MR) is 117 cm³/mol. The van der Waals surface area contributed by atoms with Crippen molar-refractivity contribution < 1.29 is 23.3 Å². The Bertz CT molecular complexity index is 1050. The van der Waals surface area contributed by atoms with E-state index in [1.165, 1.54) is 14.2 Å². The summed E-state index contributed by atoms with van der Waals surface area (Å²) in [5.74, 6) is -3.04. The maximum atomic E-state index is 13.2. The molecule has 0 spiro atoms. The number of aryl methyl sites for hydroxylation is 1. The molecule has 32 heavy (non-hydrogen) atoms. The number of likely N-dealkylation sites (N-methyl/N-ethyl adjacent to an activating group) is 1. The molecule has 0 unspecified atom stereocenters. The van der Waals surface area contributed by atoms with Crippen LogP contribution in [0, 0.1) is 6.92 Å². The topological polar surface area (TPSA) is 88.4 Å². The normalized spacial score (nSPS) is 15.8. The first-order valence-electron chi connectivity index (χ1n) is 9.93. The van der Waals surface area contributed by atoms with E-state index >= 15 is 0 Å². The number of rotatable bonds is 8. The van der Waals surface area contributed by atoms with Crippen LogP contribution in [0.2, 0.25) is 0 Å². The fourth-order valence-corrected chi connectivity index (χ4v) is 3.29. The summed E-state index contributed by atoms with van der Waals surface area (Å²) in [5, 5.41) is 10.5. The molecule has 10 heteroatoms. The van der Waals surface area contributed by atoms with Gasteiger partial charge in [0, 0.05) is 30.1 Å². The van der Waals surface area contributed by atoms with Gasteiger partial charge in [0.1, 0.15) is 19.4 Å². The third-order valence-corrected chi connectivity index (χ3v) is 5.02. The molecule has 1 saturated heterocycles. The van der Waals surface area contributed by atoms with E-state index in [1.54, 1.807) is 36.2 Å². The minimum absolute atomic E-state index is 0.0805. The SMILES string of the molecule is CNC(=O)/C(=N/OC)c1cccc(C)c1CO/N=C(\C)c1cc(N2CC(F)(F)C2)ccn1. The van der Waals surface area contributed by atoms with Crippen LogP contribution in [0.3, 0.4) is 0 Å². The van der Waals surface area contributed by atoms with Crippen molar-refractivity contribution in [3.63, 3.8) is 0 Å². The number of aromatic nitrogens is 1. The van der Waals surface area contributed by atoms with E-state index in [1.807, 2.05) is 19.1 Å². The number of amides is 1. The van der Waals surface area contributed by atoms with Crippen LogP contribution < -0.4 is 10.2 Å². The molecule has 0 radical (unpaired) electrons. The quantitative estimate of drug-likeness (QED) is 0.499. The zero-order valence-corrected chi connectivity index (χ0v) is 18.4. The van der Waals surface area contributed by atoms with E-state index in [9.17, 15) is 13.6 Å². The molecule has 2 heterocycles. The van der Waals surface area contributed by atoms with Gasteiger partial charge in [0.25, 0.3) is 11.8 Å². The summed E-state index contributed by atoms with van der Waals surface area (Å²) >= 11 is 0. The number of oxime groups is 2. The summed E-state index contributed by atoms with van der Waals surface area (Å²) in [4.78, 5) is 28.5. The highest BCUT2D eigenvalue weighted by Gasteiger charge is 2.43. The molecule has 1 aliphatic rings. The molecule has 1 aromatic carbocycles. The Morgan fingerprint density at radius 1 is 1.28 bits per heavy atom. The number of halogens is 2. The highest BCUT2D eigenvalue weighted by molar-refractivity contribution is 6.45. The van der Waals surface area contributed by atoms with Gasteiger partial charge in [-0.15, -0.1) is 0 Å². The van der Waals surface area contributed by atoms with Crippen molar-refractivity contribution in [3.05, 3.63) is 58.9 Å². The van der Waals surface area contributed by atoms with Crippen molar-refractivity contribution in [3.8, 4) is 0 Å². The lowest BCUT2D eigenvalue weighted by Crippen LogP contribution is -2.56. The Kier molecular flexibility index (Phi) is 7.01. The first kappa shape index (κ1) is 23.1. The van der Waals surface area contributed by atoms with E-state index < -0.39 is 11.8 Å². The van der Waals surface area contributed by atoms with Crippen molar-refractivity contribution in [2.45, 2.75) is 26.4 Å². The molecule has 0 bridgehead atoms. The van der Waals surface area contributed by atoms with Gasteiger partial charge in [-0.05, 0) is 31.5 Å². The average Bonchev–Trinajstić information content (AvgIpc) is 2.76. The number of benzene rings is 1. The third kappa shape index (κ3) is 5.19. The van der Waals surface area contributed by atoms with Crippen LogP contribution in [-0.4, -0.2) is 55.5 Å². The standard InChI is InChI=1S/C22H25F2N5O3/c1-14-6-5-7-17(20(28-31-4)21(30)25-3)18(14)11-32-27-15(2)19-10-16(8-9-26-19)29-12-22(23,24)13-29/h5-10H,11-13H2,1-4H3,(H,25,30)/b27-15+,28-20+. The van der Waals surface area contributed by atoms with E-state index in [4.69, 9.17) is 9.68 Å². The van der Waals surface area contributed by atoms with Gasteiger partial charge in [0.15, 0.2) is 5.71 Å². The second kappa shape index (κ2) is 9.71. The molecule has 1 N–H and O–H groups in total. The van der Waals surface area contributed by atoms with Crippen LogP contribution in [0.5, 0.6) is 0 Å². The number of carbonyl (C=O) groups excluding carboxylic acids is 1. The zero-order valence-electron chi connectivity index (χ0n) is 18.4. The zero-order chi connectivity index (χ0) is 23.3. The summed E-state index contributed by atoms with van der Waals surface area (Å²) in [5.41, 5.74) is 3.98. The monoisotopic (exact) mass is 445 g/mol. The second-order valence-corrected chi connectivity index (χ2v) is 7.36. The Labute approximate surface area is 184 Å². The number of carbonyl (C=O) groups is 1. The summed E-state index contributed by atoms with van der Waals surface area (Å²) in [6, 6.07) is 8.84. The van der Waals surface area contributed by atoms with Crippen molar-refractivity contribution in [2.75, 3.05) is 32.1 Å². The smallest absolute Gasteiger partial charge is 0.282 e. The van der Waals surface area contributed by atoms with E-state index in [2.05, 4.69) is 20.6 Å². The summed E-state index contributed by atoms with van der Waals surface area (Å²) in [6.07, 6.45) is 1.55. The highest BCUT2D eigenvalue weighted by Crippen LogP contribution is 2.31. The third-order valence-electron chi connectivity index (χ3n) is 5.02. The van der Waals surface area contributed by atoms with Gasteiger partial charge >= 0.3 is 0 Å². The van der Waals surface area contributed by atoms with Crippen molar-refractivity contribution in [2.24, 2.45) is 10.3 Å². The van der Waals surface area contributed by atoms with Crippen LogP contribution in [0.1, 0.15) is 29.3 Å². The van der Waals surface area contributed by atoms with Crippen molar-refractivity contribution in [1.29, 1.82) is 0 Å². The number of anilines is 1. The Hall–Kier alpha value is -3.56. The molecule has 1 aliphatic heterocycles. The lowest BCUT2D eigenvalue weighted by atomic mass is 9.98. The molecule has 1 amide bonds. The first-order valence-corrected chi connectivity index (χ1v) is 9.93. The summed E-state index contributed by atoms with van der Waals surface area (Å²) in [6.45, 7) is 3.07. The molecule has 3 rings (SSSR count). The number of nitrogens with one attached hydrogen (secondary N) is 1. The summed E-state index contributed by atoms with van der Waals surface area (Å²) in [7, 11) is 2.88. The number of hydrogen-bond acceptors (Lipinski definition) is 7. The minimum atomic E-state index is -2.65. The molecule has 0 aliphatic carbocycles. The number of alkyl halides is 2. The average molecular weight is 445 g/mol. The van der Waals surface area contributed by atoms with Gasteiger partial charge in [-0.25, -0.2) is 8.78 Å². The van der Waals surface area contributed by atoms with Gasteiger partial charge in [-0.1, -0.05) is 28.5 Å². The lowest BCUT2D eigenvalue weighted by molar-refractivity contribution is -0.114. The number of nitrogens with zero attached hydrogens (tertiary/aromatic N) is 4. The second-order valence-electron chi connectivity index (χ2n) is 7.36. The summed E-state index contributed by atoms with van der Waals surface area (Å²) < 4.78 is 26.3. The highest BCUT2D eigenvalue weighted by atomic mass is 19.3. The largest absolute Gasteiger partial charge is 0.398 e. The van der Waals surface area contributed by atoms with Crippen molar-refractivity contribution in [1.82, 2.24) is 10.3 Å². The molecule has 2 aromatic rings. The molecule has 8 nitrogen and oxygen atoms in total. The molecule has 170 valence electrons. The molecule has 0 atom stereocenters. The van der Waals surface area contributed by atoms with Gasteiger partial charge in [-0.3, -0.25) is 9.78 Å². The molecular weight excluding hydrogens is 420 g/mol. The predicted octanol–water partition coefficient (Wildman–Crippen LogP) is 2.88. The van der Waals surface area contributed by atoms with Gasteiger partial charge in [-0.2, -0.15) is 0 Å². The van der Waals surface area contributed by atoms with Gasteiger partial charge in [0.05, 0.1) is 18.8 Å².